The van der Waals surface area contributed by atoms with Crippen LogP contribution in [0.4, 0.5) is 5.69 Å². The highest BCUT2D eigenvalue weighted by Gasteiger charge is 2.37. The number of carboxylic acid groups (broad SMARTS) is 1. The van der Waals surface area contributed by atoms with E-state index < -0.39 is 12.1 Å². The van der Waals surface area contributed by atoms with Crippen LogP contribution in [-0.2, 0) is 9.53 Å². The van der Waals surface area contributed by atoms with Crippen LogP contribution in [0.3, 0.4) is 0 Å². The van der Waals surface area contributed by atoms with Gasteiger partial charge in [-0.05, 0) is 49.9 Å². The lowest BCUT2D eigenvalue weighted by molar-refractivity contribution is -0.152. The van der Waals surface area contributed by atoms with Gasteiger partial charge in [0.15, 0.2) is 6.10 Å². The fourth-order valence-corrected chi connectivity index (χ4v) is 3.32. The topological polar surface area (TPSA) is 67.8 Å². The molecule has 0 heterocycles. The summed E-state index contributed by atoms with van der Waals surface area (Å²) in [6.07, 6.45) is 3.09. The minimum atomic E-state index is -0.884. The molecule has 1 fully saturated rings. The minimum Gasteiger partial charge on any atom is -0.493 e. The van der Waals surface area contributed by atoms with E-state index in [2.05, 4.69) is 18.3 Å². The van der Waals surface area contributed by atoms with E-state index in [9.17, 15) is 9.90 Å². The summed E-state index contributed by atoms with van der Waals surface area (Å²) in [6.45, 7) is 4.82. The van der Waals surface area contributed by atoms with Gasteiger partial charge in [-0.3, -0.25) is 0 Å². The number of aliphatic carboxylic acids is 1. The Kier molecular flexibility index (Phi) is 6.28. The molecule has 1 saturated carbocycles. The number of carboxylic acids is 1. The number of anilines is 1. The maximum absolute atomic E-state index is 11.3. The van der Waals surface area contributed by atoms with Crippen LogP contribution in [0.15, 0.2) is 18.2 Å². The molecule has 0 saturated heterocycles. The lowest BCUT2D eigenvalue weighted by Crippen LogP contribution is -2.39. The molecule has 1 aliphatic rings. The normalized spacial score (nSPS) is 21.9. The van der Waals surface area contributed by atoms with Crippen molar-refractivity contribution in [1.29, 1.82) is 0 Å². The van der Waals surface area contributed by atoms with Crippen molar-refractivity contribution in [2.75, 3.05) is 19.0 Å². The monoisotopic (exact) mass is 321 g/mol. The summed E-state index contributed by atoms with van der Waals surface area (Å²) in [7, 11) is 1.47. The second-order valence-electron chi connectivity index (χ2n) is 6.17. The van der Waals surface area contributed by atoms with Crippen LogP contribution in [0.1, 0.15) is 38.2 Å². The predicted molar refractivity (Wildman–Crippen MR) is 90.1 cm³/mol. The third-order valence-electron chi connectivity index (χ3n) is 4.44. The Hall–Kier alpha value is -1.75. The number of ether oxygens (including phenoxy) is 2. The summed E-state index contributed by atoms with van der Waals surface area (Å²) in [5, 5.41) is 12.8. The predicted octanol–water partition coefficient (Wildman–Crippen LogP) is 3.46. The first-order valence-electron chi connectivity index (χ1n) is 8.32. The molecule has 3 atom stereocenters. The SMILES string of the molecule is CCCOc1ccc(NC2CCCC2C(OC)C(=O)O)cc1C. The highest BCUT2D eigenvalue weighted by molar-refractivity contribution is 5.73. The molecule has 0 amide bonds. The molecule has 5 heteroatoms. The first-order valence-corrected chi connectivity index (χ1v) is 8.32. The van der Waals surface area contributed by atoms with Crippen molar-refractivity contribution in [3.63, 3.8) is 0 Å². The second-order valence-corrected chi connectivity index (χ2v) is 6.17. The van der Waals surface area contributed by atoms with Gasteiger partial charge in [0, 0.05) is 24.8 Å². The smallest absolute Gasteiger partial charge is 0.333 e. The molecule has 0 aromatic heterocycles. The van der Waals surface area contributed by atoms with E-state index in [1.165, 1.54) is 7.11 Å². The van der Waals surface area contributed by atoms with Crippen molar-refractivity contribution >= 4 is 11.7 Å². The molecule has 23 heavy (non-hydrogen) atoms. The van der Waals surface area contributed by atoms with Gasteiger partial charge >= 0.3 is 5.97 Å². The van der Waals surface area contributed by atoms with Crippen LogP contribution in [0, 0.1) is 12.8 Å². The number of methoxy groups -OCH3 is 1. The first-order chi connectivity index (χ1) is 11.1. The van der Waals surface area contributed by atoms with Crippen molar-refractivity contribution in [3.05, 3.63) is 23.8 Å². The quantitative estimate of drug-likeness (QED) is 0.767. The summed E-state index contributed by atoms with van der Waals surface area (Å²) in [5.41, 5.74) is 2.09. The highest BCUT2D eigenvalue weighted by atomic mass is 16.5. The highest BCUT2D eigenvalue weighted by Crippen LogP contribution is 2.33. The molecule has 0 spiro atoms. The van der Waals surface area contributed by atoms with Gasteiger partial charge in [-0.25, -0.2) is 4.79 Å². The van der Waals surface area contributed by atoms with Crippen molar-refractivity contribution in [3.8, 4) is 5.75 Å². The zero-order chi connectivity index (χ0) is 16.8. The van der Waals surface area contributed by atoms with Crippen LogP contribution >= 0.6 is 0 Å². The van der Waals surface area contributed by atoms with Crippen LogP contribution in [0.2, 0.25) is 0 Å². The van der Waals surface area contributed by atoms with E-state index in [0.717, 1.165) is 42.7 Å². The van der Waals surface area contributed by atoms with Crippen molar-refractivity contribution in [2.24, 2.45) is 5.92 Å². The standard InChI is InChI=1S/C18H27NO4/c1-4-10-23-16-9-8-13(11-12(16)2)19-15-7-5-6-14(15)17(22-3)18(20)21/h8-9,11,14-15,17,19H,4-7,10H2,1-3H3,(H,20,21). The third kappa shape index (κ3) is 4.38. The van der Waals surface area contributed by atoms with Crippen molar-refractivity contribution in [1.82, 2.24) is 0 Å². The molecule has 128 valence electrons. The zero-order valence-corrected chi connectivity index (χ0v) is 14.2. The van der Waals surface area contributed by atoms with Crippen LogP contribution < -0.4 is 10.1 Å². The number of carbonyl (C=O) groups is 1. The Morgan fingerprint density at radius 3 is 2.83 bits per heavy atom. The summed E-state index contributed by atoms with van der Waals surface area (Å²) in [5.74, 6) is 0.0141. The number of benzene rings is 1. The minimum absolute atomic E-state index is 0.00572. The van der Waals surface area contributed by atoms with Crippen LogP contribution in [0.5, 0.6) is 5.75 Å². The maximum Gasteiger partial charge on any atom is 0.333 e. The summed E-state index contributed by atoms with van der Waals surface area (Å²) >= 11 is 0. The Morgan fingerprint density at radius 1 is 1.43 bits per heavy atom. The summed E-state index contributed by atoms with van der Waals surface area (Å²) in [4.78, 5) is 11.3. The number of rotatable bonds is 8. The van der Waals surface area contributed by atoms with Gasteiger partial charge in [-0.2, -0.15) is 0 Å². The molecule has 1 aromatic rings. The third-order valence-corrected chi connectivity index (χ3v) is 4.44. The van der Waals surface area contributed by atoms with Crippen molar-refractivity contribution in [2.45, 2.75) is 51.7 Å². The largest absolute Gasteiger partial charge is 0.493 e. The molecule has 0 radical (unpaired) electrons. The van der Waals surface area contributed by atoms with Gasteiger partial charge < -0.3 is 19.9 Å². The summed E-state index contributed by atoms with van der Waals surface area (Å²) < 4.78 is 10.9. The van der Waals surface area contributed by atoms with E-state index in [0.29, 0.717) is 6.61 Å². The first kappa shape index (κ1) is 17.6. The van der Waals surface area contributed by atoms with Gasteiger partial charge in [0.25, 0.3) is 0 Å². The molecule has 1 aromatic carbocycles. The van der Waals surface area contributed by atoms with Crippen LogP contribution in [0.25, 0.3) is 0 Å². The van der Waals surface area contributed by atoms with E-state index in [4.69, 9.17) is 9.47 Å². The van der Waals surface area contributed by atoms with Crippen LogP contribution in [-0.4, -0.2) is 36.9 Å². The van der Waals surface area contributed by atoms with E-state index >= 15 is 0 Å². The molecule has 0 bridgehead atoms. The molecule has 2 rings (SSSR count). The second kappa shape index (κ2) is 8.20. The van der Waals surface area contributed by atoms with E-state index in [1.54, 1.807) is 0 Å². The number of nitrogens with one attached hydrogen (secondary N) is 1. The molecular formula is C18H27NO4. The average Bonchev–Trinajstić information content (AvgIpc) is 2.95. The van der Waals surface area contributed by atoms with Gasteiger partial charge in [0.2, 0.25) is 0 Å². The van der Waals surface area contributed by atoms with Crippen molar-refractivity contribution < 1.29 is 19.4 Å². The Morgan fingerprint density at radius 2 is 2.22 bits per heavy atom. The molecule has 2 N–H and O–H groups in total. The summed E-state index contributed by atoms with van der Waals surface area (Å²) in [6, 6.07) is 6.15. The molecule has 5 nitrogen and oxygen atoms in total. The van der Waals surface area contributed by atoms with Gasteiger partial charge in [-0.1, -0.05) is 13.3 Å². The van der Waals surface area contributed by atoms with E-state index in [-0.39, 0.29) is 12.0 Å². The average molecular weight is 321 g/mol. The Balaban J connectivity index is 2.05. The number of hydrogen-bond acceptors (Lipinski definition) is 4. The number of aryl methyl sites for hydroxylation is 1. The zero-order valence-electron chi connectivity index (χ0n) is 14.2. The maximum atomic E-state index is 11.3. The van der Waals surface area contributed by atoms with E-state index in [1.807, 2.05) is 19.1 Å². The van der Waals surface area contributed by atoms with Gasteiger partial charge in [-0.15, -0.1) is 0 Å². The Bertz CT molecular complexity index is 532. The lowest BCUT2D eigenvalue weighted by atomic mass is 9.96. The fourth-order valence-electron chi connectivity index (χ4n) is 3.32. The molecule has 3 unspecified atom stereocenters. The molecular weight excluding hydrogens is 294 g/mol. The van der Waals surface area contributed by atoms with Gasteiger partial charge in [0.1, 0.15) is 5.75 Å². The number of hydrogen-bond donors (Lipinski definition) is 2. The van der Waals surface area contributed by atoms with Gasteiger partial charge in [0.05, 0.1) is 6.61 Å². The Labute approximate surface area is 138 Å². The molecule has 0 aliphatic heterocycles. The molecule has 1 aliphatic carbocycles. The lowest BCUT2D eigenvalue weighted by Gasteiger charge is -2.26. The fraction of sp³-hybridized carbons (Fsp3) is 0.611.